The zero-order chi connectivity index (χ0) is 15.1. The van der Waals surface area contributed by atoms with E-state index in [2.05, 4.69) is 24.5 Å². The number of carbonyl (C=O) groups excluding carboxylic acids is 1. The monoisotopic (exact) mass is 344 g/mol. The van der Waals surface area contributed by atoms with Crippen molar-refractivity contribution in [1.29, 1.82) is 0 Å². The third-order valence-electron chi connectivity index (χ3n) is 3.13. The van der Waals surface area contributed by atoms with Gasteiger partial charge in [-0.05, 0) is 18.1 Å². The second-order valence-electron chi connectivity index (χ2n) is 5.71. The zero-order valence-corrected chi connectivity index (χ0v) is 14.8. The Morgan fingerprint density at radius 2 is 2.32 bits per heavy atom. The Morgan fingerprint density at radius 1 is 1.50 bits per heavy atom. The summed E-state index contributed by atoms with van der Waals surface area (Å²) in [4.78, 5) is 12.1. The predicted molar refractivity (Wildman–Crippen MR) is 96.4 cm³/mol. The van der Waals surface area contributed by atoms with Gasteiger partial charge in [0.1, 0.15) is 5.75 Å². The number of amides is 1. The average Bonchev–Trinajstić information content (AvgIpc) is 2.46. The van der Waals surface area contributed by atoms with Gasteiger partial charge in [-0.15, -0.1) is 12.4 Å². The van der Waals surface area contributed by atoms with E-state index in [0.717, 1.165) is 29.5 Å². The van der Waals surface area contributed by atoms with Gasteiger partial charge in [0, 0.05) is 42.3 Å². The molecule has 1 unspecified atom stereocenters. The van der Waals surface area contributed by atoms with Crippen molar-refractivity contribution in [3.63, 3.8) is 0 Å². The summed E-state index contributed by atoms with van der Waals surface area (Å²) in [5.41, 5.74) is 0.796. The molecule has 124 valence electrons. The van der Waals surface area contributed by atoms with Crippen molar-refractivity contribution < 1.29 is 9.53 Å². The van der Waals surface area contributed by atoms with Crippen molar-refractivity contribution in [3.8, 4) is 5.75 Å². The Balaban J connectivity index is 0.00000242. The highest BCUT2D eigenvalue weighted by molar-refractivity contribution is 7.99. The van der Waals surface area contributed by atoms with Crippen LogP contribution in [-0.2, 0) is 4.79 Å². The molecule has 0 bridgehead atoms. The summed E-state index contributed by atoms with van der Waals surface area (Å²) in [6.45, 7) is 5.89. The molecule has 1 aromatic rings. The van der Waals surface area contributed by atoms with Gasteiger partial charge >= 0.3 is 0 Å². The zero-order valence-electron chi connectivity index (χ0n) is 13.1. The predicted octanol–water partition coefficient (Wildman–Crippen LogP) is 3.18. The fourth-order valence-electron chi connectivity index (χ4n) is 2.11. The lowest BCUT2D eigenvalue weighted by molar-refractivity contribution is -0.116. The normalized spacial score (nSPS) is 17.7. The maximum absolute atomic E-state index is 12.1. The lowest BCUT2D eigenvalue weighted by Gasteiger charge is -2.22. The van der Waals surface area contributed by atoms with E-state index in [0.29, 0.717) is 18.9 Å². The molecule has 1 atom stereocenters. The summed E-state index contributed by atoms with van der Waals surface area (Å²) in [6, 6.07) is 7.87. The maximum Gasteiger partial charge on any atom is 0.225 e. The SMILES string of the molecule is CC(C)COc1cccc(NC(=O)CC2CSCCN2)c1.Cl. The number of benzene rings is 1. The number of hydrogen-bond acceptors (Lipinski definition) is 4. The van der Waals surface area contributed by atoms with Gasteiger partial charge in [0.05, 0.1) is 6.61 Å². The standard InChI is InChI=1S/C16H24N2O2S.ClH/c1-12(2)10-20-15-5-3-4-13(8-15)18-16(19)9-14-11-21-7-6-17-14;/h3-5,8,12,14,17H,6-7,9-11H2,1-2H3,(H,18,19);1H. The van der Waals surface area contributed by atoms with Gasteiger partial charge in [-0.1, -0.05) is 19.9 Å². The molecule has 2 N–H and O–H groups in total. The molecule has 1 amide bonds. The van der Waals surface area contributed by atoms with Crippen molar-refractivity contribution in [2.24, 2.45) is 5.92 Å². The second kappa shape index (κ2) is 9.98. The van der Waals surface area contributed by atoms with Crippen LogP contribution in [0.2, 0.25) is 0 Å². The summed E-state index contributed by atoms with van der Waals surface area (Å²) >= 11 is 1.90. The van der Waals surface area contributed by atoms with Crippen LogP contribution in [0.1, 0.15) is 20.3 Å². The Labute approximate surface area is 143 Å². The highest BCUT2D eigenvalue weighted by Crippen LogP contribution is 2.19. The van der Waals surface area contributed by atoms with Gasteiger partial charge in [-0.25, -0.2) is 0 Å². The lowest BCUT2D eigenvalue weighted by atomic mass is 10.2. The molecule has 1 fully saturated rings. The Morgan fingerprint density at radius 3 is 3.00 bits per heavy atom. The minimum absolute atomic E-state index is 0. The molecule has 1 saturated heterocycles. The first-order valence-corrected chi connectivity index (χ1v) is 8.63. The second-order valence-corrected chi connectivity index (χ2v) is 6.86. The summed E-state index contributed by atoms with van der Waals surface area (Å²) in [5.74, 6) is 3.47. The number of anilines is 1. The van der Waals surface area contributed by atoms with Crippen molar-refractivity contribution in [1.82, 2.24) is 5.32 Å². The molecule has 22 heavy (non-hydrogen) atoms. The molecule has 6 heteroatoms. The van der Waals surface area contributed by atoms with Crippen LogP contribution in [0, 0.1) is 5.92 Å². The molecule has 0 aliphatic carbocycles. The summed E-state index contributed by atoms with van der Waals surface area (Å²) in [5, 5.41) is 6.32. The fraction of sp³-hybridized carbons (Fsp3) is 0.562. The number of rotatable bonds is 6. The number of halogens is 1. The molecule has 1 aliphatic heterocycles. The van der Waals surface area contributed by atoms with Crippen molar-refractivity contribution in [2.75, 3.05) is 30.0 Å². The van der Waals surface area contributed by atoms with E-state index in [4.69, 9.17) is 4.74 Å². The van der Waals surface area contributed by atoms with Gasteiger partial charge in [-0.3, -0.25) is 4.79 Å². The van der Waals surface area contributed by atoms with Gasteiger partial charge in [-0.2, -0.15) is 11.8 Å². The van der Waals surface area contributed by atoms with E-state index >= 15 is 0 Å². The van der Waals surface area contributed by atoms with Crippen LogP contribution in [0.3, 0.4) is 0 Å². The molecule has 1 heterocycles. The molecule has 1 aromatic carbocycles. The molecule has 0 aromatic heterocycles. The van der Waals surface area contributed by atoms with Crippen LogP contribution >= 0.6 is 24.2 Å². The molecule has 0 spiro atoms. The highest BCUT2D eigenvalue weighted by atomic mass is 35.5. The highest BCUT2D eigenvalue weighted by Gasteiger charge is 2.16. The summed E-state index contributed by atoms with van der Waals surface area (Å²) in [7, 11) is 0. The number of carbonyl (C=O) groups is 1. The Hall–Kier alpha value is -0.910. The van der Waals surface area contributed by atoms with Crippen molar-refractivity contribution >= 4 is 35.8 Å². The lowest BCUT2D eigenvalue weighted by Crippen LogP contribution is -2.39. The third-order valence-corrected chi connectivity index (χ3v) is 4.26. The van der Waals surface area contributed by atoms with Crippen molar-refractivity contribution in [3.05, 3.63) is 24.3 Å². The van der Waals surface area contributed by atoms with Crippen LogP contribution < -0.4 is 15.4 Å². The van der Waals surface area contributed by atoms with E-state index in [1.54, 1.807) is 0 Å². The van der Waals surface area contributed by atoms with Crippen LogP contribution in [-0.4, -0.2) is 36.6 Å². The van der Waals surface area contributed by atoms with Crippen LogP contribution in [0.25, 0.3) is 0 Å². The Bertz CT molecular complexity index is 465. The third kappa shape index (κ3) is 6.90. The topological polar surface area (TPSA) is 50.4 Å². The van der Waals surface area contributed by atoms with Crippen LogP contribution in [0.5, 0.6) is 5.75 Å². The Kier molecular flexibility index (Phi) is 8.68. The number of nitrogens with one attached hydrogen (secondary N) is 2. The molecule has 0 radical (unpaired) electrons. The van der Waals surface area contributed by atoms with E-state index in [1.807, 2.05) is 36.0 Å². The van der Waals surface area contributed by atoms with E-state index in [-0.39, 0.29) is 24.4 Å². The van der Waals surface area contributed by atoms with Crippen LogP contribution in [0.4, 0.5) is 5.69 Å². The van der Waals surface area contributed by atoms with Gasteiger partial charge in [0.25, 0.3) is 0 Å². The largest absolute Gasteiger partial charge is 0.493 e. The van der Waals surface area contributed by atoms with E-state index in [1.165, 1.54) is 0 Å². The van der Waals surface area contributed by atoms with Gasteiger partial charge in [0.2, 0.25) is 5.91 Å². The smallest absolute Gasteiger partial charge is 0.225 e. The molecule has 4 nitrogen and oxygen atoms in total. The number of thioether (sulfide) groups is 1. The molecular weight excluding hydrogens is 320 g/mol. The maximum atomic E-state index is 12.1. The first kappa shape index (κ1) is 19.1. The quantitative estimate of drug-likeness (QED) is 0.832. The van der Waals surface area contributed by atoms with E-state index < -0.39 is 0 Å². The number of hydrogen-bond donors (Lipinski definition) is 2. The first-order chi connectivity index (χ1) is 10.1. The summed E-state index contributed by atoms with van der Waals surface area (Å²) < 4.78 is 5.67. The molecule has 0 saturated carbocycles. The van der Waals surface area contributed by atoms with Gasteiger partial charge < -0.3 is 15.4 Å². The first-order valence-electron chi connectivity index (χ1n) is 7.47. The molecule has 2 rings (SSSR count). The molecular formula is C16H25ClN2O2S. The fourth-order valence-corrected chi connectivity index (χ4v) is 3.06. The average molecular weight is 345 g/mol. The minimum Gasteiger partial charge on any atom is -0.493 e. The summed E-state index contributed by atoms with van der Waals surface area (Å²) in [6.07, 6.45) is 0.518. The van der Waals surface area contributed by atoms with Crippen LogP contribution in [0.15, 0.2) is 24.3 Å². The van der Waals surface area contributed by atoms with E-state index in [9.17, 15) is 4.79 Å². The number of ether oxygens (including phenoxy) is 1. The minimum atomic E-state index is 0. The molecule has 1 aliphatic rings. The van der Waals surface area contributed by atoms with Gasteiger partial charge in [0.15, 0.2) is 0 Å². The van der Waals surface area contributed by atoms with Crippen molar-refractivity contribution in [2.45, 2.75) is 26.3 Å².